The Balaban J connectivity index is 1.83. The fourth-order valence-corrected chi connectivity index (χ4v) is 3.64. The van der Waals surface area contributed by atoms with Crippen LogP contribution in [0.5, 0.6) is 0 Å². The molecule has 0 aliphatic carbocycles. The second-order valence-corrected chi connectivity index (χ2v) is 7.85. The van der Waals surface area contributed by atoms with Gasteiger partial charge in [-0.3, -0.25) is 14.4 Å². The number of ether oxygens (including phenoxy) is 1. The summed E-state index contributed by atoms with van der Waals surface area (Å²) in [6, 6.07) is 7.60. The Kier molecular flexibility index (Phi) is 4.95. The zero-order chi connectivity index (χ0) is 19.8. The van der Waals surface area contributed by atoms with Crippen molar-refractivity contribution in [2.75, 3.05) is 13.1 Å². The van der Waals surface area contributed by atoms with E-state index in [1.807, 2.05) is 24.3 Å². The van der Waals surface area contributed by atoms with E-state index in [1.54, 1.807) is 27.0 Å². The van der Waals surface area contributed by atoms with E-state index >= 15 is 0 Å². The standard InChI is InChI=1S/C20H24N2O5/c1-20(2,3)27-16(23)11-22-9-8-13(17(18(22)24)19(25)26)14-10-21-15-7-5-4-6-12(14)15/h4-7,10,13,17,21H,8-9,11H2,1-3H3,(H,25,26)/t13-,17-/m1/s1. The number of carbonyl (C=O) groups is 3. The van der Waals surface area contributed by atoms with Crippen molar-refractivity contribution in [1.29, 1.82) is 0 Å². The average molecular weight is 372 g/mol. The van der Waals surface area contributed by atoms with E-state index < -0.39 is 35.3 Å². The number of amides is 1. The lowest BCUT2D eigenvalue weighted by Crippen LogP contribution is -2.50. The molecule has 0 unspecified atom stereocenters. The Labute approximate surface area is 157 Å². The van der Waals surface area contributed by atoms with Crippen LogP contribution in [-0.4, -0.2) is 51.5 Å². The minimum Gasteiger partial charge on any atom is -0.481 e. The number of rotatable bonds is 4. The predicted molar refractivity (Wildman–Crippen MR) is 99.2 cm³/mol. The summed E-state index contributed by atoms with van der Waals surface area (Å²) in [5, 5.41) is 10.6. The summed E-state index contributed by atoms with van der Waals surface area (Å²) in [5.74, 6) is -3.92. The van der Waals surface area contributed by atoms with Crippen LogP contribution in [0.15, 0.2) is 30.5 Å². The van der Waals surface area contributed by atoms with Gasteiger partial charge in [0.1, 0.15) is 18.1 Å². The maximum atomic E-state index is 12.8. The molecule has 2 heterocycles. The van der Waals surface area contributed by atoms with Gasteiger partial charge in [0.2, 0.25) is 5.91 Å². The first-order valence-corrected chi connectivity index (χ1v) is 8.97. The number of esters is 1. The van der Waals surface area contributed by atoms with E-state index in [-0.39, 0.29) is 6.54 Å². The highest BCUT2D eigenvalue weighted by Crippen LogP contribution is 2.37. The van der Waals surface area contributed by atoms with Crippen molar-refractivity contribution in [3.63, 3.8) is 0 Å². The lowest BCUT2D eigenvalue weighted by Gasteiger charge is -2.35. The molecule has 2 atom stereocenters. The highest BCUT2D eigenvalue weighted by Gasteiger charge is 2.43. The normalized spacial score (nSPS) is 20.7. The first-order valence-electron chi connectivity index (χ1n) is 8.97. The molecule has 0 spiro atoms. The number of fused-ring (bicyclic) bond motifs is 1. The molecule has 0 bridgehead atoms. The maximum Gasteiger partial charge on any atom is 0.326 e. The van der Waals surface area contributed by atoms with Crippen molar-refractivity contribution < 1.29 is 24.2 Å². The maximum absolute atomic E-state index is 12.8. The van der Waals surface area contributed by atoms with Crippen LogP contribution < -0.4 is 0 Å². The third-order valence-electron chi connectivity index (χ3n) is 4.72. The molecule has 2 N–H and O–H groups in total. The van der Waals surface area contributed by atoms with E-state index in [0.29, 0.717) is 13.0 Å². The molecule has 1 amide bonds. The minimum atomic E-state index is -1.22. The van der Waals surface area contributed by atoms with E-state index in [9.17, 15) is 19.5 Å². The van der Waals surface area contributed by atoms with Crippen molar-refractivity contribution in [2.45, 2.75) is 38.7 Å². The predicted octanol–water partition coefficient (Wildman–Crippen LogP) is 2.53. The number of carbonyl (C=O) groups excluding carboxylic acids is 2. The number of aliphatic carboxylic acids is 1. The largest absolute Gasteiger partial charge is 0.481 e. The van der Waals surface area contributed by atoms with Gasteiger partial charge in [0, 0.05) is 29.6 Å². The van der Waals surface area contributed by atoms with Crippen LogP contribution in [-0.2, 0) is 19.1 Å². The SMILES string of the molecule is CC(C)(C)OC(=O)CN1CC[C@H](c2c[nH]c3ccccc23)[C@@H](C(=O)O)C1=O. The summed E-state index contributed by atoms with van der Waals surface area (Å²) in [5.41, 5.74) is 1.07. The van der Waals surface area contributed by atoms with E-state index in [4.69, 9.17) is 4.74 Å². The number of benzene rings is 1. The fourth-order valence-electron chi connectivity index (χ4n) is 3.64. The van der Waals surface area contributed by atoms with Crippen molar-refractivity contribution in [3.8, 4) is 0 Å². The molecule has 1 aromatic carbocycles. The van der Waals surface area contributed by atoms with Crippen molar-refractivity contribution in [2.24, 2.45) is 5.92 Å². The number of nitrogens with zero attached hydrogens (tertiary/aromatic N) is 1. The Bertz CT molecular complexity index is 880. The number of nitrogens with one attached hydrogen (secondary N) is 1. The van der Waals surface area contributed by atoms with Gasteiger partial charge in [-0.25, -0.2) is 0 Å². The molecule has 1 aliphatic rings. The molecular formula is C20H24N2O5. The average Bonchev–Trinajstić information content (AvgIpc) is 2.98. The highest BCUT2D eigenvalue weighted by atomic mass is 16.6. The van der Waals surface area contributed by atoms with Crippen LogP contribution >= 0.6 is 0 Å². The molecule has 1 fully saturated rings. The van der Waals surface area contributed by atoms with Crippen LogP contribution in [0, 0.1) is 5.92 Å². The quantitative estimate of drug-likeness (QED) is 0.635. The first-order chi connectivity index (χ1) is 12.7. The van der Waals surface area contributed by atoms with E-state index in [2.05, 4.69) is 4.98 Å². The number of carboxylic acid groups (broad SMARTS) is 1. The van der Waals surface area contributed by atoms with Gasteiger partial charge in [-0.1, -0.05) is 18.2 Å². The number of piperidine rings is 1. The summed E-state index contributed by atoms with van der Waals surface area (Å²) >= 11 is 0. The monoisotopic (exact) mass is 372 g/mol. The van der Waals surface area contributed by atoms with Crippen LogP contribution in [0.2, 0.25) is 0 Å². The summed E-state index contributed by atoms with van der Waals surface area (Å²) in [7, 11) is 0. The lowest BCUT2D eigenvalue weighted by molar-refractivity contribution is -0.164. The smallest absolute Gasteiger partial charge is 0.326 e. The second kappa shape index (κ2) is 7.06. The van der Waals surface area contributed by atoms with E-state index in [1.165, 1.54) is 4.90 Å². The molecule has 7 heteroatoms. The molecular weight excluding hydrogens is 348 g/mol. The third kappa shape index (κ3) is 3.97. The molecule has 27 heavy (non-hydrogen) atoms. The number of para-hydroxylation sites is 1. The topological polar surface area (TPSA) is 99.7 Å². The number of likely N-dealkylation sites (tertiary alicyclic amines) is 1. The Morgan fingerprint density at radius 2 is 2.00 bits per heavy atom. The van der Waals surface area contributed by atoms with Crippen molar-refractivity contribution in [1.82, 2.24) is 9.88 Å². The summed E-state index contributed by atoms with van der Waals surface area (Å²) < 4.78 is 5.26. The van der Waals surface area contributed by atoms with Crippen molar-refractivity contribution in [3.05, 3.63) is 36.0 Å². The van der Waals surface area contributed by atoms with Crippen molar-refractivity contribution >= 4 is 28.7 Å². The Hall–Kier alpha value is -2.83. The molecule has 1 aliphatic heterocycles. The molecule has 1 saturated heterocycles. The van der Waals surface area contributed by atoms with Crippen LogP contribution in [0.25, 0.3) is 10.9 Å². The number of hydrogen-bond acceptors (Lipinski definition) is 4. The van der Waals surface area contributed by atoms with Gasteiger partial charge in [-0.15, -0.1) is 0 Å². The fraction of sp³-hybridized carbons (Fsp3) is 0.450. The molecule has 144 valence electrons. The number of carboxylic acids is 1. The minimum absolute atomic E-state index is 0.236. The number of H-pyrrole nitrogens is 1. The third-order valence-corrected chi connectivity index (χ3v) is 4.72. The summed E-state index contributed by atoms with van der Waals surface area (Å²) in [4.78, 5) is 41.2. The zero-order valence-electron chi connectivity index (χ0n) is 15.7. The van der Waals surface area contributed by atoms with Crippen LogP contribution in [0.3, 0.4) is 0 Å². The van der Waals surface area contributed by atoms with E-state index in [0.717, 1.165) is 16.5 Å². The van der Waals surface area contributed by atoms with Crippen LogP contribution in [0.4, 0.5) is 0 Å². The van der Waals surface area contributed by atoms with Gasteiger partial charge in [-0.05, 0) is 38.8 Å². The van der Waals surface area contributed by atoms with Crippen LogP contribution in [0.1, 0.15) is 38.7 Å². The van der Waals surface area contributed by atoms with Gasteiger partial charge in [-0.2, -0.15) is 0 Å². The van der Waals surface area contributed by atoms with Gasteiger partial charge in [0.05, 0.1) is 0 Å². The lowest BCUT2D eigenvalue weighted by atomic mass is 9.79. The Morgan fingerprint density at radius 3 is 2.67 bits per heavy atom. The first kappa shape index (κ1) is 18.9. The zero-order valence-corrected chi connectivity index (χ0v) is 15.7. The molecule has 3 rings (SSSR count). The molecule has 0 radical (unpaired) electrons. The number of aromatic amines is 1. The van der Waals surface area contributed by atoms with Gasteiger partial charge in [0.15, 0.2) is 0 Å². The highest BCUT2D eigenvalue weighted by molar-refractivity contribution is 6.00. The molecule has 7 nitrogen and oxygen atoms in total. The van der Waals surface area contributed by atoms with Gasteiger partial charge in [0.25, 0.3) is 0 Å². The molecule has 1 aromatic heterocycles. The second-order valence-electron chi connectivity index (χ2n) is 7.85. The van der Waals surface area contributed by atoms with Gasteiger partial charge >= 0.3 is 11.9 Å². The number of hydrogen-bond donors (Lipinski definition) is 2. The number of aromatic nitrogens is 1. The van der Waals surface area contributed by atoms with Gasteiger partial charge < -0.3 is 19.7 Å². The summed E-state index contributed by atoms with van der Waals surface area (Å²) in [6.07, 6.45) is 2.25. The Morgan fingerprint density at radius 1 is 1.30 bits per heavy atom. The summed E-state index contributed by atoms with van der Waals surface area (Å²) in [6.45, 7) is 5.31. The molecule has 2 aromatic rings. The molecule has 0 saturated carbocycles.